The Hall–Kier alpha value is -1.55. The monoisotopic (exact) mass is 237 g/mol. The van der Waals surface area contributed by atoms with Crippen molar-refractivity contribution in [3.63, 3.8) is 0 Å². The Morgan fingerprint density at radius 2 is 2.00 bits per heavy atom. The molecule has 0 unspecified atom stereocenters. The van der Waals surface area contributed by atoms with Crippen molar-refractivity contribution in [2.75, 3.05) is 26.7 Å². The Balaban J connectivity index is 2.37. The molecule has 0 heterocycles. The van der Waals surface area contributed by atoms with Gasteiger partial charge in [-0.25, -0.2) is 0 Å². The fourth-order valence-electron chi connectivity index (χ4n) is 1.36. The SMILES string of the molecule is CCN(C)CCOc1ccc(CC(=O)O)cc1. The van der Waals surface area contributed by atoms with Crippen LogP contribution in [-0.4, -0.2) is 42.7 Å². The number of aliphatic carboxylic acids is 1. The van der Waals surface area contributed by atoms with Crippen LogP contribution in [0.4, 0.5) is 0 Å². The first kappa shape index (κ1) is 13.5. The van der Waals surface area contributed by atoms with Crippen molar-refractivity contribution in [3.05, 3.63) is 29.8 Å². The van der Waals surface area contributed by atoms with Gasteiger partial charge in [0.1, 0.15) is 12.4 Å². The fourth-order valence-corrected chi connectivity index (χ4v) is 1.36. The molecule has 0 amide bonds. The van der Waals surface area contributed by atoms with Gasteiger partial charge in [0.2, 0.25) is 0 Å². The maximum Gasteiger partial charge on any atom is 0.307 e. The van der Waals surface area contributed by atoms with Crippen LogP contribution in [0, 0.1) is 0 Å². The largest absolute Gasteiger partial charge is 0.492 e. The minimum Gasteiger partial charge on any atom is -0.492 e. The Bertz CT molecular complexity index is 348. The molecule has 0 fully saturated rings. The second kappa shape index (κ2) is 6.91. The zero-order chi connectivity index (χ0) is 12.7. The number of rotatable bonds is 7. The van der Waals surface area contributed by atoms with Gasteiger partial charge in [-0.05, 0) is 31.3 Å². The van der Waals surface area contributed by atoms with Crippen molar-refractivity contribution in [3.8, 4) is 5.75 Å². The van der Waals surface area contributed by atoms with Gasteiger partial charge >= 0.3 is 5.97 Å². The maximum absolute atomic E-state index is 10.5. The second-order valence-corrected chi connectivity index (χ2v) is 3.96. The molecule has 4 heteroatoms. The smallest absolute Gasteiger partial charge is 0.307 e. The highest BCUT2D eigenvalue weighted by Crippen LogP contribution is 2.12. The normalized spacial score (nSPS) is 10.5. The van der Waals surface area contributed by atoms with Crippen LogP contribution in [0.5, 0.6) is 5.75 Å². The molecule has 1 aromatic carbocycles. The summed E-state index contributed by atoms with van der Waals surface area (Å²) in [7, 11) is 2.04. The summed E-state index contributed by atoms with van der Waals surface area (Å²) < 4.78 is 5.55. The lowest BCUT2D eigenvalue weighted by Gasteiger charge is -2.14. The van der Waals surface area contributed by atoms with Crippen molar-refractivity contribution in [1.82, 2.24) is 4.90 Å². The minimum atomic E-state index is -0.816. The van der Waals surface area contributed by atoms with Crippen LogP contribution in [0.1, 0.15) is 12.5 Å². The van der Waals surface area contributed by atoms with E-state index < -0.39 is 5.97 Å². The molecular weight excluding hydrogens is 218 g/mol. The first-order chi connectivity index (χ1) is 8.11. The van der Waals surface area contributed by atoms with Crippen molar-refractivity contribution in [2.24, 2.45) is 0 Å². The summed E-state index contributed by atoms with van der Waals surface area (Å²) in [5.74, 6) is -0.0353. The molecule has 1 rings (SSSR count). The summed E-state index contributed by atoms with van der Waals surface area (Å²) in [6, 6.07) is 7.19. The third-order valence-electron chi connectivity index (χ3n) is 2.56. The number of carboxylic acid groups (broad SMARTS) is 1. The van der Waals surface area contributed by atoms with E-state index in [9.17, 15) is 4.79 Å². The van der Waals surface area contributed by atoms with E-state index in [0.717, 1.165) is 24.4 Å². The Morgan fingerprint density at radius 1 is 1.35 bits per heavy atom. The molecule has 1 N–H and O–H groups in total. The van der Waals surface area contributed by atoms with Gasteiger partial charge in [0, 0.05) is 6.54 Å². The van der Waals surface area contributed by atoms with Crippen LogP contribution in [0.15, 0.2) is 24.3 Å². The lowest BCUT2D eigenvalue weighted by molar-refractivity contribution is -0.136. The molecule has 0 saturated carbocycles. The minimum absolute atomic E-state index is 0.0544. The summed E-state index contributed by atoms with van der Waals surface area (Å²) in [4.78, 5) is 12.7. The highest BCUT2D eigenvalue weighted by Gasteiger charge is 2.01. The summed E-state index contributed by atoms with van der Waals surface area (Å²) in [6.07, 6.45) is 0.0544. The molecule has 0 aromatic heterocycles. The maximum atomic E-state index is 10.5. The molecule has 94 valence electrons. The van der Waals surface area contributed by atoms with E-state index in [1.54, 1.807) is 12.1 Å². The third kappa shape index (κ3) is 5.36. The molecule has 0 bridgehead atoms. The molecule has 0 spiro atoms. The fraction of sp³-hybridized carbons (Fsp3) is 0.462. The number of hydrogen-bond acceptors (Lipinski definition) is 3. The molecule has 0 aliphatic rings. The molecule has 17 heavy (non-hydrogen) atoms. The van der Waals surface area contributed by atoms with E-state index in [2.05, 4.69) is 11.8 Å². The molecule has 0 aliphatic heterocycles. The summed E-state index contributed by atoms with van der Waals surface area (Å²) in [5.41, 5.74) is 0.788. The number of carboxylic acids is 1. The van der Waals surface area contributed by atoms with Gasteiger partial charge in [-0.2, -0.15) is 0 Å². The van der Waals surface area contributed by atoms with Gasteiger partial charge in [-0.15, -0.1) is 0 Å². The lowest BCUT2D eigenvalue weighted by Crippen LogP contribution is -2.23. The Kier molecular flexibility index (Phi) is 5.49. The number of carbonyl (C=O) groups is 1. The van der Waals surface area contributed by atoms with E-state index in [1.807, 2.05) is 19.2 Å². The number of benzene rings is 1. The van der Waals surface area contributed by atoms with Crippen molar-refractivity contribution >= 4 is 5.97 Å². The Labute approximate surface area is 102 Å². The molecular formula is C13H19NO3. The van der Waals surface area contributed by atoms with Crippen molar-refractivity contribution in [1.29, 1.82) is 0 Å². The average Bonchev–Trinajstić information content (AvgIpc) is 2.30. The van der Waals surface area contributed by atoms with Crippen LogP contribution in [0.3, 0.4) is 0 Å². The van der Waals surface area contributed by atoms with Crippen LogP contribution in [0.25, 0.3) is 0 Å². The summed E-state index contributed by atoms with van der Waals surface area (Å²) in [5, 5.41) is 8.63. The molecule has 1 aromatic rings. The van der Waals surface area contributed by atoms with Gasteiger partial charge in [-0.3, -0.25) is 4.79 Å². The summed E-state index contributed by atoms with van der Waals surface area (Å²) in [6.45, 7) is 4.62. The standard InChI is InChI=1S/C13H19NO3/c1-3-14(2)8-9-17-12-6-4-11(5-7-12)10-13(15)16/h4-7H,3,8-10H2,1-2H3,(H,15,16). The van der Waals surface area contributed by atoms with Crippen LogP contribution in [-0.2, 0) is 11.2 Å². The highest BCUT2D eigenvalue weighted by molar-refractivity contribution is 5.70. The zero-order valence-electron chi connectivity index (χ0n) is 10.3. The van der Waals surface area contributed by atoms with E-state index in [0.29, 0.717) is 6.61 Å². The molecule has 0 radical (unpaired) electrons. The molecule has 0 saturated heterocycles. The Morgan fingerprint density at radius 3 is 2.53 bits per heavy atom. The summed E-state index contributed by atoms with van der Waals surface area (Å²) >= 11 is 0. The van der Waals surface area contributed by atoms with Gasteiger partial charge in [0.15, 0.2) is 0 Å². The first-order valence-electron chi connectivity index (χ1n) is 5.74. The second-order valence-electron chi connectivity index (χ2n) is 3.96. The molecule has 0 aliphatic carbocycles. The predicted octanol–water partition coefficient (Wildman–Crippen LogP) is 1.64. The van der Waals surface area contributed by atoms with Crippen molar-refractivity contribution in [2.45, 2.75) is 13.3 Å². The van der Waals surface area contributed by atoms with Gasteiger partial charge in [0.05, 0.1) is 6.42 Å². The molecule has 4 nitrogen and oxygen atoms in total. The van der Waals surface area contributed by atoms with E-state index in [1.165, 1.54) is 0 Å². The van der Waals surface area contributed by atoms with Gasteiger partial charge in [-0.1, -0.05) is 19.1 Å². The zero-order valence-corrected chi connectivity index (χ0v) is 10.3. The average molecular weight is 237 g/mol. The van der Waals surface area contributed by atoms with Crippen LogP contribution >= 0.6 is 0 Å². The van der Waals surface area contributed by atoms with Gasteiger partial charge < -0.3 is 14.7 Å². The van der Waals surface area contributed by atoms with Crippen LogP contribution < -0.4 is 4.74 Å². The topological polar surface area (TPSA) is 49.8 Å². The van der Waals surface area contributed by atoms with E-state index in [-0.39, 0.29) is 6.42 Å². The van der Waals surface area contributed by atoms with Crippen LogP contribution in [0.2, 0.25) is 0 Å². The third-order valence-corrected chi connectivity index (χ3v) is 2.56. The number of hydrogen-bond donors (Lipinski definition) is 1. The lowest BCUT2D eigenvalue weighted by atomic mass is 10.1. The quantitative estimate of drug-likeness (QED) is 0.783. The van der Waals surface area contributed by atoms with Crippen molar-refractivity contribution < 1.29 is 14.6 Å². The van der Waals surface area contributed by atoms with E-state index in [4.69, 9.17) is 9.84 Å². The van der Waals surface area contributed by atoms with E-state index >= 15 is 0 Å². The predicted molar refractivity (Wildman–Crippen MR) is 66.4 cm³/mol. The molecule has 0 atom stereocenters. The number of nitrogens with zero attached hydrogens (tertiary/aromatic N) is 1. The first-order valence-corrected chi connectivity index (χ1v) is 5.74. The number of ether oxygens (including phenoxy) is 1. The van der Waals surface area contributed by atoms with Gasteiger partial charge in [0.25, 0.3) is 0 Å². The highest BCUT2D eigenvalue weighted by atomic mass is 16.5. The number of likely N-dealkylation sites (N-methyl/N-ethyl adjacent to an activating group) is 1.